The zero-order valence-electron chi connectivity index (χ0n) is 9.01. The SMILES string of the molecule is CCOCC(=O)NC1CCCNC1C. The predicted molar refractivity (Wildman–Crippen MR) is 55.1 cm³/mol. The van der Waals surface area contributed by atoms with Crippen molar-refractivity contribution in [2.24, 2.45) is 0 Å². The zero-order chi connectivity index (χ0) is 10.4. The van der Waals surface area contributed by atoms with Crippen LogP contribution in [-0.2, 0) is 9.53 Å². The van der Waals surface area contributed by atoms with Crippen LogP contribution in [0.15, 0.2) is 0 Å². The largest absolute Gasteiger partial charge is 0.372 e. The molecule has 0 aromatic rings. The van der Waals surface area contributed by atoms with Crippen molar-refractivity contribution < 1.29 is 9.53 Å². The van der Waals surface area contributed by atoms with Crippen molar-refractivity contribution in [1.29, 1.82) is 0 Å². The second-order valence-corrected chi connectivity index (χ2v) is 3.70. The third kappa shape index (κ3) is 3.64. The molecule has 0 aliphatic carbocycles. The summed E-state index contributed by atoms with van der Waals surface area (Å²) < 4.78 is 5.04. The van der Waals surface area contributed by atoms with Gasteiger partial charge in [0.25, 0.3) is 0 Å². The Bertz CT molecular complexity index is 185. The fourth-order valence-electron chi connectivity index (χ4n) is 1.68. The van der Waals surface area contributed by atoms with E-state index >= 15 is 0 Å². The lowest BCUT2D eigenvalue weighted by molar-refractivity contribution is -0.126. The van der Waals surface area contributed by atoms with Gasteiger partial charge in [-0.05, 0) is 33.2 Å². The minimum atomic E-state index is -0.00704. The Balaban J connectivity index is 2.23. The van der Waals surface area contributed by atoms with E-state index in [0.717, 1.165) is 19.4 Å². The van der Waals surface area contributed by atoms with Crippen LogP contribution in [0.25, 0.3) is 0 Å². The number of amides is 1. The van der Waals surface area contributed by atoms with Crippen molar-refractivity contribution >= 4 is 5.91 Å². The summed E-state index contributed by atoms with van der Waals surface area (Å²) in [4.78, 5) is 11.4. The van der Waals surface area contributed by atoms with Gasteiger partial charge in [0.1, 0.15) is 6.61 Å². The molecule has 1 heterocycles. The number of hydrogen-bond acceptors (Lipinski definition) is 3. The van der Waals surface area contributed by atoms with Crippen LogP contribution in [0, 0.1) is 0 Å². The monoisotopic (exact) mass is 200 g/mol. The van der Waals surface area contributed by atoms with Crippen molar-refractivity contribution in [2.45, 2.75) is 38.8 Å². The normalized spacial score (nSPS) is 27.3. The third-order valence-corrected chi connectivity index (χ3v) is 2.55. The summed E-state index contributed by atoms with van der Waals surface area (Å²) in [5.41, 5.74) is 0. The maximum atomic E-state index is 11.4. The maximum absolute atomic E-state index is 11.4. The van der Waals surface area contributed by atoms with Gasteiger partial charge in [0.15, 0.2) is 0 Å². The summed E-state index contributed by atoms with van der Waals surface area (Å²) in [6.45, 7) is 5.81. The van der Waals surface area contributed by atoms with Crippen molar-refractivity contribution in [2.75, 3.05) is 19.8 Å². The van der Waals surface area contributed by atoms with E-state index in [1.54, 1.807) is 0 Å². The average Bonchev–Trinajstić information content (AvgIpc) is 2.18. The number of piperidine rings is 1. The smallest absolute Gasteiger partial charge is 0.246 e. The van der Waals surface area contributed by atoms with Crippen molar-refractivity contribution in [3.8, 4) is 0 Å². The maximum Gasteiger partial charge on any atom is 0.246 e. The molecule has 2 unspecified atom stereocenters. The highest BCUT2D eigenvalue weighted by molar-refractivity contribution is 5.77. The summed E-state index contributed by atoms with van der Waals surface area (Å²) in [5.74, 6) is -0.00704. The molecular weight excluding hydrogens is 180 g/mol. The molecule has 4 nitrogen and oxygen atoms in total. The predicted octanol–water partition coefficient (Wildman–Crippen LogP) is 0.280. The fourth-order valence-corrected chi connectivity index (χ4v) is 1.68. The Morgan fingerprint density at radius 1 is 1.64 bits per heavy atom. The van der Waals surface area contributed by atoms with Crippen LogP contribution in [0.5, 0.6) is 0 Å². The fraction of sp³-hybridized carbons (Fsp3) is 0.900. The van der Waals surface area contributed by atoms with Gasteiger partial charge in [-0.3, -0.25) is 4.79 Å². The van der Waals surface area contributed by atoms with Gasteiger partial charge in [-0.15, -0.1) is 0 Å². The molecule has 82 valence electrons. The molecule has 1 rings (SSSR count). The molecule has 1 aliphatic rings. The van der Waals surface area contributed by atoms with Crippen molar-refractivity contribution in [3.63, 3.8) is 0 Å². The lowest BCUT2D eigenvalue weighted by atomic mass is 10.00. The highest BCUT2D eigenvalue weighted by atomic mass is 16.5. The number of ether oxygens (including phenoxy) is 1. The van der Waals surface area contributed by atoms with Gasteiger partial charge in [0.2, 0.25) is 5.91 Å². The van der Waals surface area contributed by atoms with E-state index in [-0.39, 0.29) is 18.6 Å². The number of rotatable bonds is 4. The molecule has 1 aliphatic heterocycles. The first-order chi connectivity index (χ1) is 6.74. The molecule has 0 aromatic heterocycles. The Morgan fingerprint density at radius 3 is 3.07 bits per heavy atom. The molecule has 1 amide bonds. The molecule has 0 spiro atoms. The Morgan fingerprint density at radius 2 is 2.43 bits per heavy atom. The summed E-state index contributed by atoms with van der Waals surface area (Å²) in [5, 5.41) is 6.31. The van der Waals surface area contributed by atoms with Crippen LogP contribution in [0.1, 0.15) is 26.7 Å². The van der Waals surface area contributed by atoms with E-state index in [0.29, 0.717) is 12.6 Å². The average molecular weight is 200 g/mol. The minimum absolute atomic E-state index is 0.00704. The highest BCUT2D eigenvalue weighted by Gasteiger charge is 2.21. The van der Waals surface area contributed by atoms with Crippen LogP contribution >= 0.6 is 0 Å². The molecule has 1 fully saturated rings. The van der Waals surface area contributed by atoms with Crippen molar-refractivity contribution in [3.05, 3.63) is 0 Å². The van der Waals surface area contributed by atoms with E-state index in [4.69, 9.17) is 4.74 Å². The van der Waals surface area contributed by atoms with Gasteiger partial charge in [-0.25, -0.2) is 0 Å². The van der Waals surface area contributed by atoms with E-state index in [2.05, 4.69) is 17.6 Å². The Hall–Kier alpha value is -0.610. The van der Waals surface area contributed by atoms with Crippen LogP contribution in [0.2, 0.25) is 0 Å². The van der Waals surface area contributed by atoms with Gasteiger partial charge in [-0.1, -0.05) is 0 Å². The lowest BCUT2D eigenvalue weighted by Gasteiger charge is -2.30. The summed E-state index contributed by atoms with van der Waals surface area (Å²) in [7, 11) is 0. The van der Waals surface area contributed by atoms with Crippen LogP contribution in [-0.4, -0.2) is 37.7 Å². The van der Waals surface area contributed by atoms with Gasteiger partial charge in [0, 0.05) is 18.7 Å². The molecule has 1 saturated heterocycles. The molecule has 2 N–H and O–H groups in total. The Kier molecular flexibility index (Phi) is 4.90. The third-order valence-electron chi connectivity index (χ3n) is 2.55. The van der Waals surface area contributed by atoms with E-state index < -0.39 is 0 Å². The van der Waals surface area contributed by atoms with Crippen LogP contribution < -0.4 is 10.6 Å². The summed E-state index contributed by atoms with van der Waals surface area (Å²) in [6.07, 6.45) is 2.19. The van der Waals surface area contributed by atoms with Gasteiger partial charge in [0.05, 0.1) is 0 Å². The molecule has 0 bridgehead atoms. The second kappa shape index (κ2) is 5.98. The van der Waals surface area contributed by atoms with Gasteiger partial charge < -0.3 is 15.4 Å². The highest BCUT2D eigenvalue weighted by Crippen LogP contribution is 2.07. The number of carbonyl (C=O) groups is 1. The van der Waals surface area contributed by atoms with E-state index in [1.807, 2.05) is 6.92 Å². The van der Waals surface area contributed by atoms with Crippen LogP contribution in [0.3, 0.4) is 0 Å². The molecular formula is C10H20N2O2. The van der Waals surface area contributed by atoms with Gasteiger partial charge in [-0.2, -0.15) is 0 Å². The second-order valence-electron chi connectivity index (χ2n) is 3.70. The molecule has 0 aromatic carbocycles. The number of hydrogen-bond donors (Lipinski definition) is 2. The molecule has 4 heteroatoms. The first-order valence-electron chi connectivity index (χ1n) is 5.34. The number of carbonyl (C=O) groups excluding carboxylic acids is 1. The lowest BCUT2D eigenvalue weighted by Crippen LogP contribution is -2.52. The van der Waals surface area contributed by atoms with E-state index in [9.17, 15) is 4.79 Å². The first-order valence-corrected chi connectivity index (χ1v) is 5.34. The van der Waals surface area contributed by atoms with E-state index in [1.165, 1.54) is 0 Å². The quantitative estimate of drug-likeness (QED) is 0.685. The Labute approximate surface area is 85.4 Å². The topological polar surface area (TPSA) is 50.4 Å². The standard InChI is InChI=1S/C10H20N2O2/c1-3-14-7-10(13)12-9-5-4-6-11-8(9)2/h8-9,11H,3-7H2,1-2H3,(H,12,13). The molecule has 14 heavy (non-hydrogen) atoms. The van der Waals surface area contributed by atoms with Gasteiger partial charge >= 0.3 is 0 Å². The van der Waals surface area contributed by atoms with Crippen LogP contribution in [0.4, 0.5) is 0 Å². The van der Waals surface area contributed by atoms with Crippen molar-refractivity contribution in [1.82, 2.24) is 10.6 Å². The minimum Gasteiger partial charge on any atom is -0.372 e. The molecule has 0 saturated carbocycles. The summed E-state index contributed by atoms with van der Waals surface area (Å²) >= 11 is 0. The molecule has 2 atom stereocenters. The number of nitrogens with one attached hydrogen (secondary N) is 2. The zero-order valence-corrected chi connectivity index (χ0v) is 9.01. The molecule has 0 radical (unpaired) electrons. The summed E-state index contributed by atoms with van der Waals surface area (Å²) in [6, 6.07) is 0.631. The first kappa shape index (κ1) is 11.5.